The molecule has 1 N–H and O–H groups in total. The maximum atomic E-state index is 4.45. The Kier molecular flexibility index (Phi) is 4.05. The smallest absolute Gasteiger partial charge is 0.148 e. The molecule has 1 fully saturated rings. The number of aromatic nitrogens is 2. The van der Waals surface area contributed by atoms with Gasteiger partial charge >= 0.3 is 0 Å². The van der Waals surface area contributed by atoms with Crippen molar-refractivity contribution in [3.05, 3.63) is 11.8 Å². The zero-order valence-corrected chi connectivity index (χ0v) is 11.2. The number of rotatable bonds is 4. The summed E-state index contributed by atoms with van der Waals surface area (Å²) in [6.07, 6.45) is 3.72. The van der Waals surface area contributed by atoms with Gasteiger partial charge in [0.15, 0.2) is 0 Å². The second-order valence-electron chi connectivity index (χ2n) is 5.05. The van der Waals surface area contributed by atoms with Gasteiger partial charge < -0.3 is 10.2 Å². The topological polar surface area (TPSA) is 33.1 Å². The Balaban J connectivity index is 1.81. The predicted molar refractivity (Wildman–Crippen MR) is 71.3 cm³/mol. The average Bonchev–Trinajstić information content (AvgIpc) is 2.61. The van der Waals surface area contributed by atoms with Crippen LogP contribution in [0.2, 0.25) is 0 Å². The van der Waals surface area contributed by atoms with Crippen molar-refractivity contribution >= 4 is 5.82 Å². The molecule has 1 aliphatic heterocycles. The summed E-state index contributed by atoms with van der Waals surface area (Å²) in [5.74, 6) is 1.03. The quantitative estimate of drug-likeness (QED) is 0.868. The fourth-order valence-electron chi connectivity index (χ4n) is 2.46. The van der Waals surface area contributed by atoms with Gasteiger partial charge in [-0.25, -0.2) is 0 Å². The minimum Gasteiger partial charge on any atom is -0.366 e. The van der Waals surface area contributed by atoms with Gasteiger partial charge in [0, 0.05) is 37.9 Å². The minimum atomic E-state index is 0.595. The summed E-state index contributed by atoms with van der Waals surface area (Å²) < 4.78 is 1.93. The lowest BCUT2D eigenvalue weighted by Gasteiger charge is -2.32. The molecule has 2 heterocycles. The van der Waals surface area contributed by atoms with E-state index in [0.717, 1.165) is 5.82 Å². The fourth-order valence-corrected chi connectivity index (χ4v) is 2.46. The summed E-state index contributed by atoms with van der Waals surface area (Å²) in [6, 6.07) is 2.72. The molecule has 96 valence electrons. The summed E-state index contributed by atoms with van der Waals surface area (Å²) >= 11 is 0. The summed E-state index contributed by atoms with van der Waals surface area (Å²) in [4.78, 5) is 2.56. The third-order valence-corrected chi connectivity index (χ3v) is 3.59. The molecule has 0 aliphatic carbocycles. The molecule has 1 aliphatic rings. The van der Waals surface area contributed by atoms with Crippen LogP contribution >= 0.6 is 0 Å². The number of hydrogen-bond acceptors (Lipinski definition) is 3. The third kappa shape index (κ3) is 3.22. The van der Waals surface area contributed by atoms with E-state index in [0.29, 0.717) is 6.04 Å². The van der Waals surface area contributed by atoms with Crippen LogP contribution < -0.4 is 5.32 Å². The highest BCUT2D eigenvalue weighted by Gasteiger charge is 2.18. The van der Waals surface area contributed by atoms with E-state index in [1.54, 1.807) is 0 Å². The van der Waals surface area contributed by atoms with Gasteiger partial charge in [0.25, 0.3) is 0 Å². The molecule has 1 aromatic heterocycles. The van der Waals surface area contributed by atoms with E-state index in [1.165, 1.54) is 44.6 Å². The Labute approximate surface area is 104 Å². The van der Waals surface area contributed by atoms with Crippen LogP contribution in [0.3, 0.4) is 0 Å². The molecule has 0 saturated carbocycles. The molecule has 0 spiro atoms. The summed E-state index contributed by atoms with van der Waals surface area (Å²) in [5.41, 5.74) is 1.20. The zero-order chi connectivity index (χ0) is 12.3. The highest BCUT2D eigenvalue weighted by atomic mass is 15.3. The van der Waals surface area contributed by atoms with Crippen molar-refractivity contribution in [1.29, 1.82) is 0 Å². The van der Waals surface area contributed by atoms with Crippen molar-refractivity contribution in [2.75, 3.05) is 25.0 Å². The molecule has 17 heavy (non-hydrogen) atoms. The van der Waals surface area contributed by atoms with Crippen LogP contribution in [-0.4, -0.2) is 40.4 Å². The van der Waals surface area contributed by atoms with E-state index in [4.69, 9.17) is 0 Å². The highest BCUT2D eigenvalue weighted by Crippen LogP contribution is 2.16. The summed E-state index contributed by atoms with van der Waals surface area (Å²) in [6.45, 7) is 8.02. The lowest BCUT2D eigenvalue weighted by atomic mass is 10.0. The average molecular weight is 236 g/mol. The van der Waals surface area contributed by atoms with Crippen molar-refractivity contribution in [2.24, 2.45) is 7.05 Å². The molecule has 0 amide bonds. The Morgan fingerprint density at radius 3 is 2.65 bits per heavy atom. The molecule has 4 nitrogen and oxygen atoms in total. The van der Waals surface area contributed by atoms with Crippen LogP contribution in [0.1, 0.15) is 31.9 Å². The van der Waals surface area contributed by atoms with Gasteiger partial charge in [-0.2, -0.15) is 5.10 Å². The van der Waals surface area contributed by atoms with Gasteiger partial charge in [0.05, 0.1) is 0 Å². The van der Waals surface area contributed by atoms with Gasteiger partial charge in [-0.15, -0.1) is 0 Å². The Morgan fingerprint density at radius 1 is 1.41 bits per heavy atom. The van der Waals surface area contributed by atoms with Gasteiger partial charge in [0.1, 0.15) is 5.82 Å². The molecule has 2 rings (SSSR count). The van der Waals surface area contributed by atoms with E-state index in [9.17, 15) is 0 Å². The first-order chi connectivity index (χ1) is 8.19. The highest BCUT2D eigenvalue weighted by molar-refractivity contribution is 5.36. The normalized spacial score (nSPS) is 18.5. The largest absolute Gasteiger partial charge is 0.366 e. The van der Waals surface area contributed by atoms with Crippen molar-refractivity contribution in [2.45, 2.75) is 39.2 Å². The van der Waals surface area contributed by atoms with Crippen LogP contribution in [0.5, 0.6) is 0 Å². The number of nitrogens with one attached hydrogen (secondary N) is 1. The van der Waals surface area contributed by atoms with E-state index in [2.05, 4.69) is 35.2 Å². The van der Waals surface area contributed by atoms with E-state index >= 15 is 0 Å². The molecule has 0 radical (unpaired) electrons. The van der Waals surface area contributed by atoms with Gasteiger partial charge in [-0.3, -0.25) is 4.68 Å². The van der Waals surface area contributed by atoms with Gasteiger partial charge in [-0.05, 0) is 32.7 Å². The van der Waals surface area contributed by atoms with E-state index in [-0.39, 0.29) is 0 Å². The maximum Gasteiger partial charge on any atom is 0.148 e. The van der Waals surface area contributed by atoms with E-state index in [1.807, 2.05) is 11.7 Å². The molecule has 0 atom stereocenters. The molecule has 1 aromatic rings. The van der Waals surface area contributed by atoms with Crippen LogP contribution in [0.15, 0.2) is 6.07 Å². The minimum absolute atomic E-state index is 0.595. The lowest BCUT2D eigenvalue weighted by molar-refractivity contribution is 0.219. The first kappa shape index (κ1) is 12.4. The zero-order valence-electron chi connectivity index (χ0n) is 11.2. The number of anilines is 1. The molecular formula is C13H24N4. The second kappa shape index (κ2) is 5.54. The van der Waals surface area contributed by atoms with Crippen molar-refractivity contribution < 1.29 is 0 Å². The molecule has 0 aromatic carbocycles. The Hall–Kier alpha value is -1.03. The summed E-state index contributed by atoms with van der Waals surface area (Å²) in [7, 11) is 1.99. The van der Waals surface area contributed by atoms with Gasteiger partial charge in [0.2, 0.25) is 0 Å². The first-order valence-corrected chi connectivity index (χ1v) is 6.68. The first-order valence-electron chi connectivity index (χ1n) is 6.68. The number of piperidine rings is 1. The van der Waals surface area contributed by atoms with Gasteiger partial charge in [-0.1, -0.05) is 6.92 Å². The summed E-state index contributed by atoms with van der Waals surface area (Å²) in [5, 5.41) is 8.00. The van der Waals surface area contributed by atoms with Crippen LogP contribution in [0.25, 0.3) is 0 Å². The number of likely N-dealkylation sites (tertiary alicyclic amines) is 1. The van der Waals surface area contributed by atoms with Crippen molar-refractivity contribution in [3.63, 3.8) is 0 Å². The third-order valence-electron chi connectivity index (χ3n) is 3.59. The predicted octanol–water partition coefficient (Wildman–Crippen LogP) is 2.01. The van der Waals surface area contributed by atoms with E-state index < -0.39 is 0 Å². The van der Waals surface area contributed by atoms with Crippen LogP contribution in [-0.2, 0) is 7.05 Å². The Bertz CT molecular complexity index is 331. The maximum absolute atomic E-state index is 4.45. The number of hydrogen-bond donors (Lipinski definition) is 1. The second-order valence-corrected chi connectivity index (χ2v) is 5.05. The van der Waals surface area contributed by atoms with Crippen molar-refractivity contribution in [1.82, 2.24) is 14.7 Å². The molecule has 0 unspecified atom stereocenters. The number of nitrogens with zero attached hydrogens (tertiary/aromatic N) is 3. The van der Waals surface area contributed by atoms with Crippen LogP contribution in [0, 0.1) is 6.92 Å². The van der Waals surface area contributed by atoms with Crippen LogP contribution in [0.4, 0.5) is 5.82 Å². The standard InChI is InChI=1S/C13H24N4/c1-4-7-17-8-5-12(6-9-17)14-13-10-11(2)16(3)15-13/h10,12H,4-9H2,1-3H3,(H,14,15). The SMILES string of the molecule is CCCN1CCC(Nc2cc(C)n(C)n2)CC1. The molecule has 1 saturated heterocycles. The molecular weight excluding hydrogens is 212 g/mol. The number of aryl methyl sites for hydroxylation is 2. The van der Waals surface area contributed by atoms with Crippen molar-refractivity contribution in [3.8, 4) is 0 Å². The monoisotopic (exact) mass is 236 g/mol. The molecule has 0 bridgehead atoms. The fraction of sp³-hybridized carbons (Fsp3) is 0.769. The Morgan fingerprint density at radius 2 is 2.12 bits per heavy atom. The molecule has 4 heteroatoms. The lowest BCUT2D eigenvalue weighted by Crippen LogP contribution is -2.39.